The van der Waals surface area contributed by atoms with Crippen LogP contribution in [0, 0.1) is 17.2 Å². The van der Waals surface area contributed by atoms with E-state index in [2.05, 4.69) is 0 Å². The van der Waals surface area contributed by atoms with Gasteiger partial charge in [-0.2, -0.15) is 5.26 Å². The van der Waals surface area contributed by atoms with Crippen molar-refractivity contribution in [3.05, 3.63) is 24.3 Å². The molecule has 1 N–H and O–H groups in total. The zero-order chi connectivity index (χ0) is 10.8. The number of aliphatic hydroxyl groups is 1. The number of hydrogen-bond donors (Lipinski definition) is 1. The van der Waals surface area contributed by atoms with Gasteiger partial charge in [0.1, 0.15) is 4.75 Å². The van der Waals surface area contributed by atoms with Crippen molar-refractivity contribution in [2.75, 3.05) is 12.9 Å². The van der Waals surface area contributed by atoms with Crippen LogP contribution in [0.5, 0.6) is 0 Å². The van der Waals surface area contributed by atoms with E-state index in [1.165, 1.54) is 18.2 Å². The monoisotopic (exact) mass is 213 g/mol. The zero-order valence-electron chi connectivity index (χ0n) is 7.71. The van der Waals surface area contributed by atoms with Crippen molar-refractivity contribution >= 4 is 9.84 Å². The van der Waals surface area contributed by atoms with E-state index in [0.717, 1.165) is 6.26 Å². The molecule has 4 nitrogen and oxygen atoms in total. The molecule has 0 aromatic carbocycles. The molecule has 2 atom stereocenters. The summed E-state index contributed by atoms with van der Waals surface area (Å²) in [5.74, 6) is -0.826. The fourth-order valence-electron chi connectivity index (χ4n) is 1.44. The summed E-state index contributed by atoms with van der Waals surface area (Å²) in [5.41, 5.74) is 0. The van der Waals surface area contributed by atoms with Crippen LogP contribution in [0.15, 0.2) is 24.3 Å². The van der Waals surface area contributed by atoms with Crippen LogP contribution in [0.25, 0.3) is 0 Å². The molecule has 0 amide bonds. The van der Waals surface area contributed by atoms with Gasteiger partial charge in [0.05, 0.1) is 18.6 Å². The average Bonchev–Trinajstić information content (AvgIpc) is 2.15. The molecule has 0 aliphatic heterocycles. The number of sulfone groups is 1. The third-order valence-electron chi connectivity index (χ3n) is 2.40. The van der Waals surface area contributed by atoms with E-state index >= 15 is 0 Å². The first-order chi connectivity index (χ1) is 6.48. The van der Waals surface area contributed by atoms with Crippen LogP contribution >= 0.6 is 0 Å². The molecule has 1 aliphatic carbocycles. The highest BCUT2D eigenvalue weighted by atomic mass is 32.2. The predicted molar refractivity (Wildman–Crippen MR) is 52.0 cm³/mol. The van der Waals surface area contributed by atoms with E-state index in [-0.39, 0.29) is 0 Å². The van der Waals surface area contributed by atoms with Gasteiger partial charge in [0.15, 0.2) is 9.84 Å². The molecule has 0 radical (unpaired) electrons. The van der Waals surface area contributed by atoms with Crippen LogP contribution in [-0.4, -0.2) is 31.1 Å². The number of rotatable bonds is 2. The molecule has 0 aromatic rings. The SMILES string of the molecule is CS(=O)(=O)C1(CO)C=CC=CC1C#N. The number of allylic oxidation sites excluding steroid dienone is 3. The van der Waals surface area contributed by atoms with Gasteiger partial charge in [-0.3, -0.25) is 0 Å². The number of hydrogen-bond acceptors (Lipinski definition) is 4. The molecule has 1 aliphatic rings. The van der Waals surface area contributed by atoms with Gasteiger partial charge in [0.2, 0.25) is 0 Å². The molecule has 0 heterocycles. The first-order valence-corrected chi connectivity index (χ1v) is 5.93. The Bertz CT molecular complexity index is 416. The van der Waals surface area contributed by atoms with Crippen LogP contribution in [-0.2, 0) is 9.84 Å². The van der Waals surface area contributed by atoms with Crippen LogP contribution < -0.4 is 0 Å². The molecule has 0 saturated carbocycles. The molecule has 0 aromatic heterocycles. The number of aliphatic hydroxyl groups excluding tert-OH is 1. The first kappa shape index (κ1) is 11.0. The lowest BCUT2D eigenvalue weighted by Gasteiger charge is -2.30. The van der Waals surface area contributed by atoms with Gasteiger partial charge >= 0.3 is 0 Å². The van der Waals surface area contributed by atoms with Crippen LogP contribution in [0.1, 0.15) is 0 Å². The summed E-state index contributed by atoms with van der Waals surface area (Å²) in [4.78, 5) is 0. The Morgan fingerprint density at radius 3 is 2.57 bits per heavy atom. The van der Waals surface area contributed by atoms with Crippen molar-refractivity contribution in [2.45, 2.75) is 4.75 Å². The smallest absolute Gasteiger partial charge is 0.160 e. The second-order valence-electron chi connectivity index (χ2n) is 3.24. The molecule has 2 unspecified atom stereocenters. The summed E-state index contributed by atoms with van der Waals surface area (Å²) in [7, 11) is -3.51. The van der Waals surface area contributed by atoms with Crippen molar-refractivity contribution in [1.82, 2.24) is 0 Å². The maximum atomic E-state index is 11.5. The quantitative estimate of drug-likeness (QED) is 0.701. The van der Waals surface area contributed by atoms with E-state index in [1.807, 2.05) is 6.07 Å². The van der Waals surface area contributed by atoms with Crippen LogP contribution in [0.2, 0.25) is 0 Å². The molecule has 1 rings (SSSR count). The molecule has 0 saturated heterocycles. The second-order valence-corrected chi connectivity index (χ2v) is 5.54. The van der Waals surface area contributed by atoms with Crippen molar-refractivity contribution in [2.24, 2.45) is 5.92 Å². The number of nitrogens with zero attached hydrogens (tertiary/aromatic N) is 1. The van der Waals surface area contributed by atoms with Gasteiger partial charge in [-0.1, -0.05) is 24.3 Å². The minimum atomic E-state index is -3.51. The third kappa shape index (κ3) is 1.47. The number of nitriles is 1. The summed E-state index contributed by atoms with van der Waals surface area (Å²) in [6.07, 6.45) is 7.02. The largest absolute Gasteiger partial charge is 0.394 e. The van der Waals surface area contributed by atoms with E-state index in [4.69, 9.17) is 10.4 Å². The normalized spacial score (nSPS) is 31.4. The van der Waals surface area contributed by atoms with Gasteiger partial charge in [-0.25, -0.2) is 8.42 Å². The topological polar surface area (TPSA) is 78.2 Å². The summed E-state index contributed by atoms with van der Waals surface area (Å²) in [5, 5.41) is 18.0. The van der Waals surface area contributed by atoms with E-state index in [0.29, 0.717) is 0 Å². The molecule has 0 bridgehead atoms. The Hall–Kier alpha value is -1.12. The lowest BCUT2D eigenvalue weighted by molar-refractivity contribution is 0.250. The van der Waals surface area contributed by atoms with Gasteiger partial charge in [0.25, 0.3) is 0 Å². The molecule has 14 heavy (non-hydrogen) atoms. The summed E-state index contributed by atoms with van der Waals surface area (Å²) < 4.78 is 21.5. The van der Waals surface area contributed by atoms with Crippen molar-refractivity contribution in [3.8, 4) is 6.07 Å². The van der Waals surface area contributed by atoms with Crippen molar-refractivity contribution < 1.29 is 13.5 Å². The molecular formula is C9H11NO3S. The maximum Gasteiger partial charge on any atom is 0.160 e. The Morgan fingerprint density at radius 1 is 1.57 bits per heavy atom. The van der Waals surface area contributed by atoms with Gasteiger partial charge in [-0.15, -0.1) is 0 Å². The second kappa shape index (κ2) is 3.56. The minimum Gasteiger partial charge on any atom is -0.394 e. The van der Waals surface area contributed by atoms with E-state index in [9.17, 15) is 8.42 Å². The Morgan fingerprint density at radius 2 is 2.21 bits per heavy atom. The lowest BCUT2D eigenvalue weighted by atomic mass is 9.89. The Kier molecular flexibility index (Phi) is 2.79. The van der Waals surface area contributed by atoms with Crippen molar-refractivity contribution in [1.29, 1.82) is 5.26 Å². The van der Waals surface area contributed by atoms with Gasteiger partial charge in [0, 0.05) is 6.26 Å². The van der Waals surface area contributed by atoms with Gasteiger partial charge in [-0.05, 0) is 0 Å². The van der Waals surface area contributed by atoms with Crippen LogP contribution in [0.4, 0.5) is 0 Å². The van der Waals surface area contributed by atoms with Gasteiger partial charge < -0.3 is 5.11 Å². The summed E-state index contributed by atoms with van der Waals surface area (Å²) in [6.45, 7) is -0.578. The standard InChI is InChI=1S/C9H11NO3S/c1-14(12,13)9(7-11)5-3-2-4-8(9)6-10/h2-5,8,11H,7H2,1H3. The Labute approximate surface area is 83.1 Å². The van der Waals surface area contributed by atoms with Crippen LogP contribution in [0.3, 0.4) is 0 Å². The maximum absolute atomic E-state index is 11.5. The Balaban J connectivity index is 3.32. The highest BCUT2D eigenvalue weighted by molar-refractivity contribution is 7.92. The fourth-order valence-corrected chi connectivity index (χ4v) is 2.59. The summed E-state index contributed by atoms with van der Waals surface area (Å²) >= 11 is 0. The molecule has 0 fully saturated rings. The average molecular weight is 213 g/mol. The summed E-state index contributed by atoms with van der Waals surface area (Å²) in [6, 6.07) is 1.88. The molecule has 5 heteroatoms. The predicted octanol–water partition coefficient (Wildman–Crippen LogP) is 0.0279. The molecule has 0 spiro atoms. The first-order valence-electron chi connectivity index (χ1n) is 4.04. The van der Waals surface area contributed by atoms with E-state index < -0.39 is 27.1 Å². The minimum absolute atomic E-state index is 0.578. The lowest BCUT2D eigenvalue weighted by Crippen LogP contribution is -2.46. The van der Waals surface area contributed by atoms with Crippen molar-refractivity contribution in [3.63, 3.8) is 0 Å². The highest BCUT2D eigenvalue weighted by Crippen LogP contribution is 2.31. The zero-order valence-corrected chi connectivity index (χ0v) is 8.53. The highest BCUT2D eigenvalue weighted by Gasteiger charge is 2.45. The fraction of sp³-hybridized carbons (Fsp3) is 0.444. The molecular weight excluding hydrogens is 202 g/mol. The third-order valence-corrected chi connectivity index (χ3v) is 4.30. The van der Waals surface area contributed by atoms with E-state index in [1.54, 1.807) is 6.08 Å². The molecule has 76 valence electrons.